The van der Waals surface area contributed by atoms with Crippen LogP contribution in [0.15, 0.2) is 60.8 Å². The fourth-order valence-electron chi connectivity index (χ4n) is 9.01. The Kier molecular flexibility index (Phi) is 58.2. The lowest BCUT2D eigenvalue weighted by Gasteiger charge is -2.18. The number of ether oxygens (including phenoxy) is 3. The van der Waals surface area contributed by atoms with Crippen molar-refractivity contribution in [1.82, 2.24) is 0 Å². The van der Waals surface area contributed by atoms with Gasteiger partial charge in [-0.2, -0.15) is 0 Å². The Bertz CT molecular complexity index is 1290. The van der Waals surface area contributed by atoms with E-state index in [1.807, 2.05) is 0 Å². The van der Waals surface area contributed by atoms with Gasteiger partial charge in [-0.15, -0.1) is 0 Å². The van der Waals surface area contributed by atoms with E-state index in [1.165, 1.54) is 199 Å². The molecule has 0 heterocycles. The second kappa shape index (κ2) is 60.7. The number of allylic oxidation sites excluding steroid dienone is 10. The minimum absolute atomic E-state index is 0.0773. The molecule has 0 amide bonds. The van der Waals surface area contributed by atoms with Gasteiger partial charge < -0.3 is 14.2 Å². The van der Waals surface area contributed by atoms with E-state index in [0.29, 0.717) is 19.3 Å². The lowest BCUT2D eigenvalue weighted by Crippen LogP contribution is -2.30. The van der Waals surface area contributed by atoms with E-state index in [1.54, 1.807) is 0 Å². The van der Waals surface area contributed by atoms with Crippen molar-refractivity contribution in [1.29, 1.82) is 0 Å². The molecule has 1 atom stereocenters. The highest BCUT2D eigenvalue weighted by Gasteiger charge is 2.19. The summed E-state index contributed by atoms with van der Waals surface area (Å²) in [4.78, 5) is 38.3. The van der Waals surface area contributed by atoms with Crippen molar-refractivity contribution in [3.05, 3.63) is 60.8 Å². The molecule has 6 heteroatoms. The molecule has 0 saturated heterocycles. The molecule has 1 unspecified atom stereocenters. The monoisotopic (exact) mass is 1010 g/mol. The van der Waals surface area contributed by atoms with Crippen LogP contribution in [0.25, 0.3) is 0 Å². The molecule has 6 nitrogen and oxygen atoms in total. The summed E-state index contributed by atoms with van der Waals surface area (Å²) in [5.41, 5.74) is 0. The predicted octanol–water partition coefficient (Wildman–Crippen LogP) is 21.2. The minimum Gasteiger partial charge on any atom is -0.462 e. The number of unbranched alkanes of at least 4 members (excludes halogenated alkanes) is 36. The summed E-state index contributed by atoms with van der Waals surface area (Å²) in [6.45, 7) is 6.63. The maximum Gasteiger partial charge on any atom is 0.306 e. The highest BCUT2D eigenvalue weighted by molar-refractivity contribution is 5.71. The van der Waals surface area contributed by atoms with Crippen molar-refractivity contribution < 1.29 is 28.6 Å². The molecule has 0 saturated carbocycles. The summed E-state index contributed by atoms with van der Waals surface area (Å²) in [5.74, 6) is -0.878. The maximum absolute atomic E-state index is 12.9. The lowest BCUT2D eigenvalue weighted by atomic mass is 10.0. The Morgan fingerprint density at radius 3 is 0.806 bits per heavy atom. The SMILES string of the molecule is CCCCC/C=C\C/C=C\CCCCCCCCCCCC(=O)OC(COC(=O)CCCCCCCC/C=C\C/C=C\C/C=C\CCCCCCC)COC(=O)CCCCCCCCCCCCCCCC. The molecular formula is C66H118O6. The second-order valence-electron chi connectivity index (χ2n) is 21.0. The van der Waals surface area contributed by atoms with Crippen molar-refractivity contribution in [2.24, 2.45) is 0 Å². The van der Waals surface area contributed by atoms with E-state index in [2.05, 4.69) is 81.5 Å². The molecule has 0 aliphatic carbocycles. The smallest absolute Gasteiger partial charge is 0.306 e. The maximum atomic E-state index is 12.9. The molecule has 0 radical (unpaired) electrons. The first-order valence-electron chi connectivity index (χ1n) is 31.3. The third-order valence-electron chi connectivity index (χ3n) is 13.7. The van der Waals surface area contributed by atoms with E-state index in [0.717, 1.165) is 83.5 Å². The third-order valence-corrected chi connectivity index (χ3v) is 13.7. The van der Waals surface area contributed by atoms with Gasteiger partial charge in [0, 0.05) is 19.3 Å². The van der Waals surface area contributed by atoms with Crippen LogP contribution in [0, 0.1) is 0 Å². The summed E-state index contributed by atoms with van der Waals surface area (Å²) >= 11 is 0. The Labute approximate surface area is 447 Å². The Balaban J connectivity index is 4.37. The number of hydrogen-bond acceptors (Lipinski definition) is 6. The minimum atomic E-state index is -0.781. The molecule has 0 spiro atoms. The lowest BCUT2D eigenvalue weighted by molar-refractivity contribution is -0.167. The van der Waals surface area contributed by atoms with Crippen molar-refractivity contribution in [3.63, 3.8) is 0 Å². The van der Waals surface area contributed by atoms with Gasteiger partial charge in [-0.05, 0) is 89.9 Å². The van der Waals surface area contributed by atoms with E-state index < -0.39 is 6.10 Å². The van der Waals surface area contributed by atoms with Crippen LogP contribution >= 0.6 is 0 Å². The predicted molar refractivity (Wildman–Crippen MR) is 312 cm³/mol. The van der Waals surface area contributed by atoms with Gasteiger partial charge in [-0.25, -0.2) is 0 Å². The number of hydrogen-bond donors (Lipinski definition) is 0. The molecule has 0 aliphatic rings. The Morgan fingerprint density at radius 1 is 0.278 bits per heavy atom. The molecule has 0 rings (SSSR count). The first-order valence-corrected chi connectivity index (χ1v) is 31.3. The van der Waals surface area contributed by atoms with Crippen molar-refractivity contribution in [3.8, 4) is 0 Å². The second-order valence-corrected chi connectivity index (χ2v) is 21.0. The normalized spacial score (nSPS) is 12.4. The molecule has 72 heavy (non-hydrogen) atoms. The molecule has 0 aromatic rings. The van der Waals surface area contributed by atoms with Gasteiger partial charge in [0.1, 0.15) is 13.2 Å². The molecular weight excluding hydrogens is 889 g/mol. The molecule has 418 valence electrons. The van der Waals surface area contributed by atoms with Gasteiger partial charge in [0.15, 0.2) is 6.10 Å². The van der Waals surface area contributed by atoms with E-state index in [-0.39, 0.29) is 31.1 Å². The zero-order chi connectivity index (χ0) is 52.2. The average molecular weight is 1010 g/mol. The Morgan fingerprint density at radius 2 is 0.500 bits per heavy atom. The molecule has 0 N–H and O–H groups in total. The van der Waals surface area contributed by atoms with Crippen LogP contribution < -0.4 is 0 Å². The molecule has 0 aromatic carbocycles. The fraction of sp³-hybridized carbons (Fsp3) is 0.803. The molecule has 0 fully saturated rings. The van der Waals surface area contributed by atoms with Crippen molar-refractivity contribution >= 4 is 17.9 Å². The highest BCUT2D eigenvalue weighted by atomic mass is 16.6. The van der Waals surface area contributed by atoms with Gasteiger partial charge in [-0.3, -0.25) is 14.4 Å². The first-order chi connectivity index (χ1) is 35.5. The van der Waals surface area contributed by atoms with Gasteiger partial charge in [0.05, 0.1) is 0 Å². The van der Waals surface area contributed by atoms with E-state index >= 15 is 0 Å². The van der Waals surface area contributed by atoms with Crippen molar-refractivity contribution in [2.45, 2.75) is 329 Å². The Hall–Kier alpha value is -2.89. The van der Waals surface area contributed by atoms with Gasteiger partial charge in [0.2, 0.25) is 0 Å². The summed E-state index contributed by atoms with van der Waals surface area (Å²) in [6, 6.07) is 0. The van der Waals surface area contributed by atoms with Crippen LogP contribution in [0.5, 0.6) is 0 Å². The van der Waals surface area contributed by atoms with Gasteiger partial charge in [-0.1, -0.05) is 274 Å². The number of esters is 3. The van der Waals surface area contributed by atoms with Crippen LogP contribution in [0.1, 0.15) is 323 Å². The summed E-state index contributed by atoms with van der Waals surface area (Å²) < 4.78 is 16.9. The molecule has 0 aromatic heterocycles. The third kappa shape index (κ3) is 58.0. The zero-order valence-corrected chi connectivity index (χ0v) is 47.9. The summed E-state index contributed by atoms with van der Waals surface area (Å²) in [6.07, 6.45) is 76.4. The summed E-state index contributed by atoms with van der Waals surface area (Å²) in [5, 5.41) is 0. The standard InChI is InChI=1S/C66H118O6/c1-4-7-10-13-16-19-22-25-28-30-32-33-35-36-38-41-44-47-50-53-56-59-65(68)71-62-63(61-70-64(67)58-55-52-49-46-43-40-27-24-21-18-15-12-9-6-3)72-66(69)60-57-54-51-48-45-42-39-37-34-31-29-26-23-20-17-14-11-8-5-2/h17,20,22,25-26,29-30,32,35-36,63H,4-16,18-19,21,23-24,27-28,31,33-34,37-62H2,1-3H3/b20-17-,25-22-,29-26-,32-30-,36-35-. The molecule has 0 aliphatic heterocycles. The van der Waals surface area contributed by atoms with Crippen LogP contribution in [-0.4, -0.2) is 37.2 Å². The van der Waals surface area contributed by atoms with Crippen LogP contribution in [0.4, 0.5) is 0 Å². The summed E-state index contributed by atoms with van der Waals surface area (Å²) in [7, 11) is 0. The van der Waals surface area contributed by atoms with E-state index in [4.69, 9.17) is 14.2 Å². The van der Waals surface area contributed by atoms with E-state index in [9.17, 15) is 14.4 Å². The fourth-order valence-corrected chi connectivity index (χ4v) is 9.01. The average Bonchev–Trinajstić information content (AvgIpc) is 3.38. The number of carbonyl (C=O) groups excluding carboxylic acids is 3. The topological polar surface area (TPSA) is 78.9 Å². The zero-order valence-electron chi connectivity index (χ0n) is 47.9. The van der Waals surface area contributed by atoms with Gasteiger partial charge >= 0.3 is 17.9 Å². The first kappa shape index (κ1) is 69.1. The number of carbonyl (C=O) groups is 3. The van der Waals surface area contributed by atoms with Gasteiger partial charge in [0.25, 0.3) is 0 Å². The van der Waals surface area contributed by atoms with Crippen LogP contribution in [0.3, 0.4) is 0 Å². The largest absolute Gasteiger partial charge is 0.462 e. The quantitative estimate of drug-likeness (QED) is 0.0261. The number of rotatable bonds is 57. The molecule has 0 bridgehead atoms. The highest BCUT2D eigenvalue weighted by Crippen LogP contribution is 2.16. The van der Waals surface area contributed by atoms with Crippen LogP contribution in [0.2, 0.25) is 0 Å². The van der Waals surface area contributed by atoms with Crippen LogP contribution in [-0.2, 0) is 28.6 Å². The van der Waals surface area contributed by atoms with Crippen molar-refractivity contribution in [2.75, 3.05) is 13.2 Å².